The van der Waals surface area contributed by atoms with Crippen LogP contribution in [0.25, 0.3) is 0 Å². The Morgan fingerprint density at radius 3 is 2.00 bits per heavy atom. The van der Waals surface area contributed by atoms with Gasteiger partial charge in [0.25, 0.3) is 0 Å². The van der Waals surface area contributed by atoms with E-state index in [9.17, 15) is 0 Å². The minimum Gasteiger partial charge on any atom is -0.491 e. The molecule has 4 heteroatoms. The molecule has 1 rings (SSSR count). The van der Waals surface area contributed by atoms with Crippen LogP contribution in [0.2, 0.25) is 0 Å². The standard InChI is InChI=1S/C15H22Br2O2/c1-15(2,3)11-18-4-5-19-14-7-12(9-16)6-13(8-14)10-17/h6-8H,4-5,9-11H2,1-3H3. The second-order valence-corrected chi connectivity index (χ2v) is 6.84. The molecule has 0 saturated heterocycles. The molecule has 0 aliphatic rings. The quantitative estimate of drug-likeness (QED) is 0.483. The highest BCUT2D eigenvalue weighted by molar-refractivity contribution is 9.08. The van der Waals surface area contributed by atoms with Gasteiger partial charge in [0.15, 0.2) is 0 Å². The van der Waals surface area contributed by atoms with E-state index in [1.165, 1.54) is 11.1 Å². The topological polar surface area (TPSA) is 18.5 Å². The monoisotopic (exact) mass is 392 g/mol. The van der Waals surface area contributed by atoms with Gasteiger partial charge >= 0.3 is 0 Å². The van der Waals surface area contributed by atoms with Crippen molar-refractivity contribution in [3.8, 4) is 5.75 Å². The van der Waals surface area contributed by atoms with Crippen LogP contribution in [0.15, 0.2) is 18.2 Å². The molecule has 0 aliphatic heterocycles. The Morgan fingerprint density at radius 1 is 0.947 bits per heavy atom. The van der Waals surface area contributed by atoms with E-state index in [4.69, 9.17) is 9.47 Å². The first-order valence-electron chi connectivity index (χ1n) is 6.40. The first-order chi connectivity index (χ1) is 8.94. The van der Waals surface area contributed by atoms with Crippen LogP contribution < -0.4 is 4.74 Å². The fourth-order valence-corrected chi connectivity index (χ4v) is 2.21. The number of alkyl halides is 2. The van der Waals surface area contributed by atoms with Crippen molar-refractivity contribution in [3.63, 3.8) is 0 Å². The minimum atomic E-state index is 0.207. The number of rotatable bonds is 7. The number of hydrogen-bond donors (Lipinski definition) is 0. The Morgan fingerprint density at radius 2 is 1.53 bits per heavy atom. The van der Waals surface area contributed by atoms with Gasteiger partial charge in [-0.05, 0) is 28.7 Å². The lowest BCUT2D eigenvalue weighted by molar-refractivity contribution is 0.0514. The fourth-order valence-electron chi connectivity index (χ4n) is 1.56. The van der Waals surface area contributed by atoms with E-state index in [1.54, 1.807) is 0 Å². The van der Waals surface area contributed by atoms with Crippen LogP contribution in [0.1, 0.15) is 31.9 Å². The van der Waals surface area contributed by atoms with E-state index in [-0.39, 0.29) is 5.41 Å². The summed E-state index contributed by atoms with van der Waals surface area (Å²) in [5.41, 5.74) is 2.66. The SMILES string of the molecule is CC(C)(C)COCCOc1cc(CBr)cc(CBr)c1. The zero-order valence-electron chi connectivity index (χ0n) is 11.8. The highest BCUT2D eigenvalue weighted by atomic mass is 79.9. The van der Waals surface area contributed by atoms with Crippen molar-refractivity contribution in [2.45, 2.75) is 31.4 Å². The number of benzene rings is 1. The average molecular weight is 394 g/mol. The van der Waals surface area contributed by atoms with Crippen LogP contribution in [0.3, 0.4) is 0 Å². The Labute approximate surface area is 133 Å². The van der Waals surface area contributed by atoms with Gasteiger partial charge in [-0.1, -0.05) is 58.7 Å². The summed E-state index contributed by atoms with van der Waals surface area (Å²) in [4.78, 5) is 0. The predicted molar refractivity (Wildman–Crippen MR) is 87.5 cm³/mol. The van der Waals surface area contributed by atoms with Gasteiger partial charge in [0.1, 0.15) is 12.4 Å². The fraction of sp³-hybridized carbons (Fsp3) is 0.600. The number of ether oxygens (including phenoxy) is 2. The second-order valence-electron chi connectivity index (χ2n) is 5.71. The van der Waals surface area contributed by atoms with Crippen LogP contribution >= 0.6 is 31.9 Å². The van der Waals surface area contributed by atoms with Crippen molar-refractivity contribution in [2.75, 3.05) is 19.8 Å². The van der Waals surface area contributed by atoms with Crippen molar-refractivity contribution in [2.24, 2.45) is 5.41 Å². The summed E-state index contributed by atoms with van der Waals surface area (Å²) in [5, 5.41) is 1.68. The Bertz CT molecular complexity index is 364. The third-order valence-electron chi connectivity index (χ3n) is 2.37. The largest absolute Gasteiger partial charge is 0.491 e. The maximum Gasteiger partial charge on any atom is 0.120 e. The Hall–Kier alpha value is -0.0600. The van der Waals surface area contributed by atoms with E-state index in [0.717, 1.165) is 23.0 Å². The number of hydrogen-bond acceptors (Lipinski definition) is 2. The highest BCUT2D eigenvalue weighted by Gasteiger charge is 2.09. The minimum absolute atomic E-state index is 0.207. The summed E-state index contributed by atoms with van der Waals surface area (Å²) in [6.45, 7) is 8.45. The second kappa shape index (κ2) is 8.28. The van der Waals surface area contributed by atoms with E-state index in [2.05, 4.69) is 70.8 Å². The van der Waals surface area contributed by atoms with Gasteiger partial charge in [-0.2, -0.15) is 0 Å². The molecule has 0 amide bonds. The molecule has 2 nitrogen and oxygen atoms in total. The summed E-state index contributed by atoms with van der Waals surface area (Å²) >= 11 is 6.95. The maximum atomic E-state index is 5.74. The lowest BCUT2D eigenvalue weighted by Crippen LogP contribution is -2.17. The molecule has 0 heterocycles. The molecule has 0 bridgehead atoms. The highest BCUT2D eigenvalue weighted by Crippen LogP contribution is 2.21. The molecular formula is C15H22Br2O2. The molecule has 0 aliphatic carbocycles. The van der Waals surface area contributed by atoms with E-state index >= 15 is 0 Å². The van der Waals surface area contributed by atoms with Crippen LogP contribution in [0, 0.1) is 5.41 Å². The molecule has 1 aromatic rings. The molecule has 0 spiro atoms. The van der Waals surface area contributed by atoms with Crippen molar-refractivity contribution in [3.05, 3.63) is 29.3 Å². The van der Waals surface area contributed by atoms with Gasteiger partial charge in [0, 0.05) is 10.7 Å². The van der Waals surface area contributed by atoms with Crippen molar-refractivity contribution >= 4 is 31.9 Å². The Kier molecular flexibility index (Phi) is 7.40. The average Bonchev–Trinajstić information content (AvgIpc) is 2.36. The third kappa shape index (κ3) is 7.33. The predicted octanol–water partition coefficient (Wildman–Crippen LogP) is 4.92. The van der Waals surface area contributed by atoms with Crippen LogP contribution in [0.5, 0.6) is 5.75 Å². The van der Waals surface area contributed by atoms with Crippen molar-refractivity contribution in [1.29, 1.82) is 0 Å². The maximum absolute atomic E-state index is 5.74. The van der Waals surface area contributed by atoms with Gasteiger partial charge in [-0.15, -0.1) is 0 Å². The molecule has 19 heavy (non-hydrogen) atoms. The smallest absolute Gasteiger partial charge is 0.120 e. The molecule has 1 aromatic carbocycles. The first kappa shape index (κ1) is 17.0. The molecule has 0 atom stereocenters. The molecular weight excluding hydrogens is 372 g/mol. The summed E-state index contributed by atoms with van der Waals surface area (Å²) < 4.78 is 11.3. The zero-order chi connectivity index (χ0) is 14.3. The van der Waals surface area contributed by atoms with Crippen molar-refractivity contribution in [1.82, 2.24) is 0 Å². The van der Waals surface area contributed by atoms with Crippen LogP contribution in [-0.2, 0) is 15.4 Å². The summed E-state index contributed by atoms with van der Waals surface area (Å²) in [6.07, 6.45) is 0. The molecule has 0 fully saturated rings. The molecule has 0 unspecified atom stereocenters. The lowest BCUT2D eigenvalue weighted by atomic mass is 9.99. The van der Waals surface area contributed by atoms with Gasteiger partial charge in [0.05, 0.1) is 13.2 Å². The Balaban J connectivity index is 2.40. The molecule has 108 valence electrons. The molecule has 0 saturated carbocycles. The van der Waals surface area contributed by atoms with Gasteiger partial charge in [0.2, 0.25) is 0 Å². The van der Waals surface area contributed by atoms with Gasteiger partial charge < -0.3 is 9.47 Å². The van der Waals surface area contributed by atoms with Gasteiger partial charge in [-0.25, -0.2) is 0 Å². The van der Waals surface area contributed by atoms with Crippen LogP contribution in [-0.4, -0.2) is 19.8 Å². The van der Waals surface area contributed by atoms with E-state index in [1.807, 2.05) is 0 Å². The molecule has 0 aromatic heterocycles. The summed E-state index contributed by atoms with van der Waals surface area (Å²) in [7, 11) is 0. The number of halogens is 2. The first-order valence-corrected chi connectivity index (χ1v) is 8.64. The van der Waals surface area contributed by atoms with Crippen LogP contribution in [0.4, 0.5) is 0 Å². The summed E-state index contributed by atoms with van der Waals surface area (Å²) in [5.74, 6) is 0.908. The molecule has 0 radical (unpaired) electrons. The van der Waals surface area contributed by atoms with Gasteiger partial charge in [-0.3, -0.25) is 0 Å². The van der Waals surface area contributed by atoms with Crippen molar-refractivity contribution < 1.29 is 9.47 Å². The normalized spacial score (nSPS) is 11.6. The van der Waals surface area contributed by atoms with E-state index in [0.29, 0.717) is 13.2 Å². The third-order valence-corrected chi connectivity index (χ3v) is 3.66. The zero-order valence-corrected chi connectivity index (χ0v) is 15.0. The van der Waals surface area contributed by atoms with E-state index < -0.39 is 0 Å². The lowest BCUT2D eigenvalue weighted by Gasteiger charge is -2.18. The summed E-state index contributed by atoms with van der Waals surface area (Å²) in [6, 6.07) is 6.28. The molecule has 0 N–H and O–H groups in total.